The van der Waals surface area contributed by atoms with E-state index in [1.807, 2.05) is 0 Å². The number of rotatable bonds is 5. The van der Waals surface area contributed by atoms with Gasteiger partial charge in [-0.25, -0.2) is 0 Å². The minimum Gasteiger partial charge on any atom is -0.344 e. The van der Waals surface area contributed by atoms with Gasteiger partial charge in [0.05, 0.1) is 0 Å². The molecule has 0 amide bonds. The molecule has 10 nitrogen and oxygen atoms in total. The summed E-state index contributed by atoms with van der Waals surface area (Å²) in [7, 11) is -10.0. The van der Waals surface area contributed by atoms with Gasteiger partial charge in [0.15, 0.2) is 0 Å². The average molecular weight is 390 g/mol. The van der Waals surface area contributed by atoms with Crippen molar-refractivity contribution in [3.05, 3.63) is 35.4 Å². The molecule has 1 rings (SSSR count). The summed E-state index contributed by atoms with van der Waals surface area (Å²) in [6.45, 7) is 9.00. The molecule has 1 aromatic carbocycles. The van der Waals surface area contributed by atoms with Crippen molar-refractivity contribution in [1.29, 1.82) is 0 Å². The molecular formula is C12H26N2O8S2. The Kier molecular flexibility index (Phi) is 13.2. The lowest BCUT2D eigenvalue weighted by atomic mass is 9.91. The second kappa shape index (κ2) is 11.4. The van der Waals surface area contributed by atoms with Gasteiger partial charge in [-0.15, -0.1) is 0 Å². The minimum atomic E-state index is -5.02. The Morgan fingerprint density at radius 3 is 1.17 bits per heavy atom. The van der Waals surface area contributed by atoms with Gasteiger partial charge in [0.1, 0.15) is 0 Å². The molecule has 0 heterocycles. The van der Waals surface area contributed by atoms with Crippen LogP contribution in [0.5, 0.6) is 0 Å². The first kappa shape index (κ1) is 27.7. The number of hydrogen-bond acceptors (Lipinski definition) is 8. The van der Waals surface area contributed by atoms with Crippen molar-refractivity contribution < 1.29 is 34.6 Å². The van der Waals surface area contributed by atoms with Gasteiger partial charge in [-0.3, -0.25) is 9.11 Å². The topological polar surface area (TPSA) is 197 Å². The molecule has 1 aromatic rings. The van der Waals surface area contributed by atoms with Gasteiger partial charge in [0, 0.05) is 0 Å². The fourth-order valence-electron chi connectivity index (χ4n) is 1.63. The van der Waals surface area contributed by atoms with E-state index < -0.39 is 20.8 Å². The van der Waals surface area contributed by atoms with Crippen molar-refractivity contribution in [2.75, 3.05) is 0 Å². The van der Waals surface area contributed by atoms with Gasteiger partial charge in [-0.05, 0) is 23.0 Å². The maximum absolute atomic E-state index is 9.51. The number of benzene rings is 1. The highest BCUT2D eigenvalue weighted by atomic mass is 32.3. The molecule has 0 fully saturated rings. The summed E-state index contributed by atoms with van der Waals surface area (Å²) in [6.07, 6.45) is 0. The van der Waals surface area contributed by atoms with Gasteiger partial charge in [-0.2, -0.15) is 16.8 Å². The smallest absolute Gasteiger partial charge is 0.344 e. The summed E-state index contributed by atoms with van der Waals surface area (Å²) < 4.78 is 58.9. The van der Waals surface area contributed by atoms with E-state index in [2.05, 4.69) is 60.6 Å². The standard InChI is InChI=1S/C12H18.2H3N.H2O8S2/c1-9(2)11-7-5-6-8-12(11)10(3)4;;;1-9(2,3)7-8-10(4,5)6/h5-10H,1-4H3;2*1H3;(H,1,2,3)(H,4,5,6). The molecule has 0 spiro atoms. The Balaban J connectivity index is -0.000000345. The molecule has 12 heteroatoms. The van der Waals surface area contributed by atoms with E-state index in [0.717, 1.165) is 0 Å². The lowest BCUT2D eigenvalue weighted by Gasteiger charge is -2.14. The zero-order valence-corrected chi connectivity index (χ0v) is 15.7. The summed E-state index contributed by atoms with van der Waals surface area (Å²) in [5, 5.41) is 0. The third-order valence-corrected chi connectivity index (χ3v) is 3.01. The molecule has 0 aliphatic heterocycles. The SMILES string of the molecule is CC(C)c1ccccc1C(C)C.N.N.O=S(=O)(O)OOS(=O)(=O)O. The van der Waals surface area contributed by atoms with Crippen LogP contribution in [0.25, 0.3) is 0 Å². The lowest BCUT2D eigenvalue weighted by Crippen LogP contribution is -2.10. The highest BCUT2D eigenvalue weighted by Crippen LogP contribution is 2.25. The van der Waals surface area contributed by atoms with Crippen LogP contribution in [0.1, 0.15) is 50.7 Å². The van der Waals surface area contributed by atoms with E-state index in [0.29, 0.717) is 11.8 Å². The molecule has 0 aliphatic rings. The molecule has 0 bridgehead atoms. The van der Waals surface area contributed by atoms with Crippen LogP contribution in [-0.4, -0.2) is 25.9 Å². The van der Waals surface area contributed by atoms with Gasteiger partial charge in [0.25, 0.3) is 0 Å². The van der Waals surface area contributed by atoms with Gasteiger partial charge in [-0.1, -0.05) is 60.6 Å². The Hall–Kier alpha value is -1.12. The van der Waals surface area contributed by atoms with Crippen LogP contribution >= 0.6 is 0 Å². The normalized spacial score (nSPS) is 11.2. The van der Waals surface area contributed by atoms with Gasteiger partial charge >= 0.3 is 20.8 Å². The molecule has 144 valence electrons. The first-order chi connectivity index (χ1) is 9.83. The van der Waals surface area contributed by atoms with E-state index in [1.54, 1.807) is 0 Å². The van der Waals surface area contributed by atoms with E-state index in [-0.39, 0.29) is 12.3 Å². The van der Waals surface area contributed by atoms with Crippen molar-refractivity contribution in [2.45, 2.75) is 39.5 Å². The maximum atomic E-state index is 9.51. The average Bonchev–Trinajstić information content (AvgIpc) is 2.35. The quantitative estimate of drug-likeness (QED) is 0.329. The molecule has 8 N–H and O–H groups in total. The van der Waals surface area contributed by atoms with E-state index in [4.69, 9.17) is 9.11 Å². The first-order valence-electron chi connectivity index (χ1n) is 6.25. The summed E-state index contributed by atoms with van der Waals surface area (Å²) in [4.78, 5) is 0. The third-order valence-electron chi connectivity index (χ3n) is 2.44. The Bertz CT molecular complexity index is 613. The largest absolute Gasteiger partial charge is 0.425 e. The molecule has 24 heavy (non-hydrogen) atoms. The van der Waals surface area contributed by atoms with Crippen molar-refractivity contribution in [3.63, 3.8) is 0 Å². The van der Waals surface area contributed by atoms with Gasteiger partial charge in [0.2, 0.25) is 0 Å². The van der Waals surface area contributed by atoms with Crippen LogP contribution in [0.4, 0.5) is 0 Å². The number of hydrogen-bond donors (Lipinski definition) is 4. The van der Waals surface area contributed by atoms with Crippen LogP contribution in [0.2, 0.25) is 0 Å². The van der Waals surface area contributed by atoms with Crippen LogP contribution in [-0.2, 0) is 29.5 Å². The molecule has 0 saturated carbocycles. The summed E-state index contributed by atoms with van der Waals surface area (Å²) in [5.74, 6) is 1.28. The van der Waals surface area contributed by atoms with E-state index in [9.17, 15) is 16.8 Å². The van der Waals surface area contributed by atoms with Crippen LogP contribution in [0.3, 0.4) is 0 Å². The molecule has 0 saturated heterocycles. The van der Waals surface area contributed by atoms with Gasteiger partial charge < -0.3 is 12.3 Å². The van der Waals surface area contributed by atoms with Crippen molar-refractivity contribution in [2.24, 2.45) is 0 Å². The van der Waals surface area contributed by atoms with E-state index >= 15 is 0 Å². The predicted molar refractivity (Wildman–Crippen MR) is 89.9 cm³/mol. The molecule has 0 unspecified atom stereocenters. The van der Waals surface area contributed by atoms with Crippen LogP contribution in [0, 0.1) is 0 Å². The van der Waals surface area contributed by atoms with Crippen molar-refractivity contribution in [1.82, 2.24) is 12.3 Å². The highest BCUT2D eigenvalue weighted by molar-refractivity contribution is 7.83. The predicted octanol–water partition coefficient (Wildman–Crippen LogP) is 2.80. The zero-order valence-electron chi connectivity index (χ0n) is 14.0. The maximum Gasteiger partial charge on any atom is 0.425 e. The second-order valence-corrected chi connectivity index (χ2v) is 6.91. The molecule has 0 aromatic heterocycles. The van der Waals surface area contributed by atoms with E-state index in [1.165, 1.54) is 11.1 Å². The zero-order chi connectivity index (χ0) is 17.6. The minimum absolute atomic E-state index is 0. The summed E-state index contributed by atoms with van der Waals surface area (Å²) in [5.41, 5.74) is 2.99. The Morgan fingerprint density at radius 1 is 0.750 bits per heavy atom. The molecular weight excluding hydrogens is 364 g/mol. The Morgan fingerprint density at radius 2 is 1.00 bits per heavy atom. The molecule has 0 atom stereocenters. The van der Waals surface area contributed by atoms with Crippen LogP contribution in [0.15, 0.2) is 24.3 Å². The van der Waals surface area contributed by atoms with Crippen LogP contribution < -0.4 is 12.3 Å². The fraction of sp³-hybridized carbons (Fsp3) is 0.500. The highest BCUT2D eigenvalue weighted by Gasteiger charge is 2.13. The van der Waals surface area contributed by atoms with Crippen molar-refractivity contribution in [3.8, 4) is 0 Å². The summed E-state index contributed by atoms with van der Waals surface area (Å²) >= 11 is 0. The van der Waals surface area contributed by atoms with Crippen molar-refractivity contribution >= 4 is 20.8 Å². The first-order valence-corrected chi connectivity index (χ1v) is 8.98. The monoisotopic (exact) mass is 390 g/mol. The summed E-state index contributed by atoms with van der Waals surface area (Å²) in [6, 6.07) is 8.72. The lowest BCUT2D eigenvalue weighted by molar-refractivity contribution is -0.105. The molecule has 0 aliphatic carbocycles. The Labute approximate surface area is 143 Å². The molecule has 0 radical (unpaired) electrons. The second-order valence-electron chi connectivity index (χ2n) is 4.93. The third kappa shape index (κ3) is 13.3. The fourth-order valence-corrected chi connectivity index (χ4v) is 2.19.